The minimum Gasteiger partial charge on any atom is -0.507 e. The number of ether oxygens (including phenoxy) is 1. The highest BCUT2D eigenvalue weighted by molar-refractivity contribution is 6.46. The number of carbonyl (C=O) groups excluding carboxylic acids is 2. The Hall–Kier alpha value is -3.90. The van der Waals surface area contributed by atoms with Crippen LogP contribution in [0.3, 0.4) is 0 Å². The van der Waals surface area contributed by atoms with Crippen molar-refractivity contribution in [3.8, 4) is 5.75 Å². The fourth-order valence-corrected chi connectivity index (χ4v) is 4.70. The lowest BCUT2D eigenvalue weighted by molar-refractivity contribution is -0.139. The third kappa shape index (κ3) is 5.92. The van der Waals surface area contributed by atoms with Crippen LogP contribution in [0.25, 0.3) is 5.76 Å². The summed E-state index contributed by atoms with van der Waals surface area (Å²) in [5.41, 5.74) is 4.32. The monoisotopic (exact) mass is 498 g/mol. The van der Waals surface area contributed by atoms with E-state index in [4.69, 9.17) is 4.74 Å². The molecule has 1 unspecified atom stereocenters. The van der Waals surface area contributed by atoms with Crippen LogP contribution in [0.4, 0.5) is 0 Å². The van der Waals surface area contributed by atoms with Crippen LogP contribution in [0.1, 0.15) is 40.3 Å². The van der Waals surface area contributed by atoms with Crippen LogP contribution in [-0.2, 0) is 16.2 Å². The second kappa shape index (κ2) is 11.4. The highest BCUT2D eigenvalue weighted by atomic mass is 16.5. The number of ketones is 1. The summed E-state index contributed by atoms with van der Waals surface area (Å²) in [6.45, 7) is 5.50. The number of nitrogens with zero attached hydrogens (tertiary/aromatic N) is 2. The van der Waals surface area contributed by atoms with Gasteiger partial charge in [-0.1, -0.05) is 60.2 Å². The van der Waals surface area contributed by atoms with E-state index in [2.05, 4.69) is 0 Å². The van der Waals surface area contributed by atoms with Gasteiger partial charge in [0.2, 0.25) is 0 Å². The number of amides is 1. The molecule has 0 aromatic heterocycles. The molecule has 0 bridgehead atoms. The number of benzene rings is 3. The molecule has 6 heteroatoms. The Labute approximate surface area is 218 Å². The molecule has 3 aromatic rings. The Kier molecular flexibility index (Phi) is 8.09. The van der Waals surface area contributed by atoms with Crippen molar-refractivity contribution >= 4 is 17.4 Å². The van der Waals surface area contributed by atoms with Crippen molar-refractivity contribution < 1.29 is 19.4 Å². The summed E-state index contributed by atoms with van der Waals surface area (Å²) < 4.78 is 5.97. The first-order valence-electron chi connectivity index (χ1n) is 12.5. The van der Waals surface area contributed by atoms with Gasteiger partial charge in [0.05, 0.1) is 11.6 Å². The Morgan fingerprint density at radius 1 is 0.973 bits per heavy atom. The average molecular weight is 499 g/mol. The molecule has 0 aliphatic carbocycles. The summed E-state index contributed by atoms with van der Waals surface area (Å²) in [6.07, 6.45) is 0.717. The number of carbonyl (C=O) groups is 2. The number of aliphatic hydroxyl groups is 1. The lowest BCUT2D eigenvalue weighted by Crippen LogP contribution is -2.32. The number of aryl methyl sites for hydroxylation is 2. The first-order chi connectivity index (χ1) is 17.8. The normalized spacial score (nSPS) is 17.0. The molecule has 0 radical (unpaired) electrons. The van der Waals surface area contributed by atoms with Crippen LogP contribution in [0.2, 0.25) is 0 Å². The van der Waals surface area contributed by atoms with E-state index < -0.39 is 17.7 Å². The van der Waals surface area contributed by atoms with Crippen molar-refractivity contribution in [2.45, 2.75) is 32.9 Å². The van der Waals surface area contributed by atoms with E-state index in [0.717, 1.165) is 35.2 Å². The molecule has 6 nitrogen and oxygen atoms in total. The molecule has 0 spiro atoms. The number of aliphatic hydroxyl groups excluding tert-OH is 1. The lowest BCUT2D eigenvalue weighted by atomic mass is 9.94. The number of hydrogen-bond acceptors (Lipinski definition) is 5. The van der Waals surface area contributed by atoms with Gasteiger partial charge in [-0.2, -0.15) is 0 Å². The van der Waals surface area contributed by atoms with E-state index in [1.807, 2.05) is 87.4 Å². The van der Waals surface area contributed by atoms with Crippen LogP contribution in [0.15, 0.2) is 78.4 Å². The molecule has 4 rings (SSSR count). The highest BCUT2D eigenvalue weighted by Crippen LogP contribution is 2.40. The molecule has 37 heavy (non-hydrogen) atoms. The number of Topliss-reactive ketones (excluding diaryl/α,β-unsaturated/α-hetero) is 1. The summed E-state index contributed by atoms with van der Waals surface area (Å²) in [5, 5.41) is 11.4. The van der Waals surface area contributed by atoms with Crippen LogP contribution >= 0.6 is 0 Å². The molecule has 1 aliphatic heterocycles. The number of hydrogen-bond donors (Lipinski definition) is 1. The van der Waals surface area contributed by atoms with E-state index in [9.17, 15) is 14.7 Å². The average Bonchev–Trinajstić information content (AvgIpc) is 3.13. The maximum absolute atomic E-state index is 13.3. The zero-order valence-electron chi connectivity index (χ0n) is 21.9. The Balaban J connectivity index is 1.68. The molecule has 1 aliphatic rings. The summed E-state index contributed by atoms with van der Waals surface area (Å²) in [5.74, 6) is -0.709. The van der Waals surface area contributed by atoms with Crippen molar-refractivity contribution in [3.63, 3.8) is 0 Å². The molecule has 1 N–H and O–H groups in total. The van der Waals surface area contributed by atoms with E-state index in [0.29, 0.717) is 24.5 Å². The van der Waals surface area contributed by atoms with Crippen LogP contribution in [0, 0.1) is 13.8 Å². The van der Waals surface area contributed by atoms with E-state index in [1.54, 1.807) is 23.1 Å². The molecular weight excluding hydrogens is 464 g/mol. The smallest absolute Gasteiger partial charge is 0.295 e. The molecule has 1 heterocycles. The molecule has 0 saturated carbocycles. The van der Waals surface area contributed by atoms with Crippen molar-refractivity contribution in [2.75, 3.05) is 27.2 Å². The summed E-state index contributed by atoms with van der Waals surface area (Å²) >= 11 is 0. The third-order valence-electron chi connectivity index (χ3n) is 6.59. The van der Waals surface area contributed by atoms with E-state index in [-0.39, 0.29) is 11.3 Å². The van der Waals surface area contributed by atoms with Gasteiger partial charge in [0.15, 0.2) is 0 Å². The van der Waals surface area contributed by atoms with Gasteiger partial charge in [-0.15, -0.1) is 0 Å². The first kappa shape index (κ1) is 26.2. The van der Waals surface area contributed by atoms with Gasteiger partial charge in [0.1, 0.15) is 18.1 Å². The second-order valence-electron chi connectivity index (χ2n) is 9.82. The zero-order chi connectivity index (χ0) is 26.5. The fraction of sp³-hybridized carbons (Fsp3) is 0.290. The van der Waals surface area contributed by atoms with Crippen molar-refractivity contribution in [3.05, 3.63) is 106 Å². The van der Waals surface area contributed by atoms with Gasteiger partial charge >= 0.3 is 0 Å². The Bertz CT molecular complexity index is 1310. The molecular formula is C31H34N2O4. The van der Waals surface area contributed by atoms with Crippen LogP contribution in [-0.4, -0.2) is 53.8 Å². The highest BCUT2D eigenvalue weighted by Gasteiger charge is 2.45. The van der Waals surface area contributed by atoms with Gasteiger partial charge in [-0.05, 0) is 75.8 Å². The van der Waals surface area contributed by atoms with Crippen molar-refractivity contribution in [1.82, 2.24) is 9.80 Å². The Morgan fingerprint density at radius 2 is 1.73 bits per heavy atom. The van der Waals surface area contributed by atoms with Crippen molar-refractivity contribution in [2.24, 2.45) is 0 Å². The maximum Gasteiger partial charge on any atom is 0.295 e. The topological polar surface area (TPSA) is 70.1 Å². The van der Waals surface area contributed by atoms with Crippen LogP contribution in [0.5, 0.6) is 5.75 Å². The molecule has 192 valence electrons. The van der Waals surface area contributed by atoms with Gasteiger partial charge in [0.25, 0.3) is 11.7 Å². The molecule has 1 amide bonds. The third-order valence-corrected chi connectivity index (χ3v) is 6.59. The maximum atomic E-state index is 13.3. The molecule has 1 saturated heterocycles. The van der Waals surface area contributed by atoms with Crippen LogP contribution < -0.4 is 4.74 Å². The van der Waals surface area contributed by atoms with Gasteiger partial charge in [-0.25, -0.2) is 0 Å². The molecule has 3 aromatic carbocycles. The van der Waals surface area contributed by atoms with E-state index in [1.165, 1.54) is 0 Å². The summed E-state index contributed by atoms with van der Waals surface area (Å²) in [6, 6.07) is 22.3. The largest absolute Gasteiger partial charge is 0.507 e. The molecule has 1 fully saturated rings. The number of rotatable bonds is 9. The first-order valence-corrected chi connectivity index (χ1v) is 12.5. The van der Waals surface area contributed by atoms with Gasteiger partial charge in [-0.3, -0.25) is 9.59 Å². The zero-order valence-corrected chi connectivity index (χ0v) is 21.9. The predicted molar refractivity (Wildman–Crippen MR) is 145 cm³/mol. The predicted octanol–water partition coefficient (Wildman–Crippen LogP) is 5.26. The quantitative estimate of drug-likeness (QED) is 0.248. The summed E-state index contributed by atoms with van der Waals surface area (Å²) in [7, 11) is 3.95. The number of likely N-dealkylation sites (tertiary alicyclic amines) is 1. The van der Waals surface area contributed by atoms with E-state index >= 15 is 0 Å². The molecule has 1 atom stereocenters. The Morgan fingerprint density at radius 3 is 2.41 bits per heavy atom. The minimum atomic E-state index is -0.657. The second-order valence-corrected chi connectivity index (χ2v) is 9.82. The summed E-state index contributed by atoms with van der Waals surface area (Å²) in [4.78, 5) is 30.0. The standard InChI is InChI=1S/C31H34N2O4/c1-21-10-8-13-24(18-21)28-27(30(35)31(36)33(28)17-9-16-32(3)4)29(34)25-14-15-26(22(2)19-25)37-20-23-11-6-5-7-12-23/h5-8,10-15,18-19,28,34H,9,16-17,20H2,1-4H3/b29-27-. The fourth-order valence-electron chi connectivity index (χ4n) is 4.70. The van der Waals surface area contributed by atoms with Gasteiger partial charge < -0.3 is 19.6 Å². The minimum absolute atomic E-state index is 0.123. The van der Waals surface area contributed by atoms with Crippen molar-refractivity contribution in [1.29, 1.82) is 0 Å². The van der Waals surface area contributed by atoms with Gasteiger partial charge in [0, 0.05) is 12.1 Å². The SMILES string of the molecule is Cc1cccc(C2/C(=C(/O)c3ccc(OCc4ccccc4)c(C)c3)C(=O)C(=O)N2CCCN(C)C)c1. The lowest BCUT2D eigenvalue weighted by Gasteiger charge is -2.26.